The van der Waals surface area contributed by atoms with Crippen LogP contribution in [-0.2, 0) is 0 Å². The van der Waals surface area contributed by atoms with Gasteiger partial charge in [-0.2, -0.15) is 0 Å². The van der Waals surface area contributed by atoms with E-state index < -0.39 is 0 Å². The van der Waals surface area contributed by atoms with Crippen molar-refractivity contribution in [3.05, 3.63) is 48.0 Å². The van der Waals surface area contributed by atoms with Crippen molar-refractivity contribution in [3.63, 3.8) is 0 Å². The number of carbonyl (C=O) groups is 1. The van der Waals surface area contributed by atoms with Crippen LogP contribution in [0, 0.1) is 13.8 Å². The SMILES string of the molecule is Cc1ccc(N(C)C(=O)n2ccnc2)c(C)c1. The van der Waals surface area contributed by atoms with Crippen LogP contribution in [0.3, 0.4) is 0 Å². The van der Waals surface area contributed by atoms with E-state index in [9.17, 15) is 4.79 Å². The summed E-state index contributed by atoms with van der Waals surface area (Å²) in [5.74, 6) is 0. The maximum absolute atomic E-state index is 12.1. The first-order valence-electron chi connectivity index (χ1n) is 5.43. The highest BCUT2D eigenvalue weighted by Gasteiger charge is 2.14. The molecule has 0 saturated carbocycles. The Labute approximate surface area is 101 Å². The molecule has 4 nitrogen and oxygen atoms in total. The van der Waals surface area contributed by atoms with Gasteiger partial charge < -0.3 is 0 Å². The van der Waals surface area contributed by atoms with Crippen LogP contribution in [0.25, 0.3) is 0 Å². The molecule has 0 atom stereocenters. The lowest BCUT2D eigenvalue weighted by Crippen LogP contribution is -2.30. The molecule has 2 rings (SSSR count). The first kappa shape index (κ1) is 11.4. The number of aryl methyl sites for hydroxylation is 2. The monoisotopic (exact) mass is 229 g/mol. The Kier molecular flexibility index (Phi) is 2.95. The zero-order valence-corrected chi connectivity index (χ0v) is 10.2. The van der Waals surface area contributed by atoms with Gasteiger partial charge in [-0.1, -0.05) is 17.7 Å². The number of anilines is 1. The summed E-state index contributed by atoms with van der Waals surface area (Å²) in [7, 11) is 1.76. The second-order valence-corrected chi connectivity index (χ2v) is 4.10. The summed E-state index contributed by atoms with van der Waals surface area (Å²) in [6.07, 6.45) is 4.73. The smallest absolute Gasteiger partial charge is 0.297 e. The molecule has 0 saturated heterocycles. The Balaban J connectivity index is 2.31. The van der Waals surface area contributed by atoms with E-state index in [4.69, 9.17) is 0 Å². The highest BCUT2D eigenvalue weighted by Crippen LogP contribution is 2.20. The summed E-state index contributed by atoms with van der Waals surface area (Å²) in [6.45, 7) is 4.04. The minimum Gasteiger partial charge on any atom is -0.297 e. The number of benzene rings is 1. The van der Waals surface area contributed by atoms with E-state index in [2.05, 4.69) is 11.1 Å². The summed E-state index contributed by atoms with van der Waals surface area (Å²) in [4.78, 5) is 17.6. The third-order valence-corrected chi connectivity index (χ3v) is 2.73. The molecule has 1 amide bonds. The van der Waals surface area contributed by atoms with Crippen LogP contribution in [-0.4, -0.2) is 22.6 Å². The third-order valence-electron chi connectivity index (χ3n) is 2.73. The molecular weight excluding hydrogens is 214 g/mol. The molecule has 88 valence electrons. The Morgan fingerprint density at radius 2 is 2.12 bits per heavy atom. The van der Waals surface area contributed by atoms with Crippen molar-refractivity contribution in [3.8, 4) is 0 Å². The van der Waals surface area contributed by atoms with E-state index in [1.165, 1.54) is 16.5 Å². The number of aromatic nitrogens is 2. The summed E-state index contributed by atoms with van der Waals surface area (Å²) in [5, 5.41) is 0. The largest absolute Gasteiger partial charge is 0.333 e. The second-order valence-electron chi connectivity index (χ2n) is 4.10. The predicted octanol–water partition coefficient (Wildman–Crippen LogP) is 2.60. The lowest BCUT2D eigenvalue weighted by Gasteiger charge is -2.19. The zero-order chi connectivity index (χ0) is 12.4. The highest BCUT2D eigenvalue weighted by atomic mass is 16.2. The van der Waals surface area contributed by atoms with Crippen molar-refractivity contribution in [2.75, 3.05) is 11.9 Å². The molecule has 0 aliphatic rings. The van der Waals surface area contributed by atoms with Crippen LogP contribution in [0.5, 0.6) is 0 Å². The molecule has 0 fully saturated rings. The Hall–Kier alpha value is -2.10. The van der Waals surface area contributed by atoms with Crippen molar-refractivity contribution < 1.29 is 4.79 Å². The van der Waals surface area contributed by atoms with E-state index in [0.29, 0.717) is 0 Å². The number of hydrogen-bond acceptors (Lipinski definition) is 2. The van der Waals surface area contributed by atoms with Crippen LogP contribution in [0.15, 0.2) is 36.9 Å². The Morgan fingerprint density at radius 3 is 2.71 bits per heavy atom. The van der Waals surface area contributed by atoms with E-state index in [0.717, 1.165) is 11.3 Å². The Bertz CT molecular complexity index is 532. The minimum absolute atomic E-state index is 0.116. The molecule has 17 heavy (non-hydrogen) atoms. The van der Waals surface area contributed by atoms with Crippen molar-refractivity contribution in [1.29, 1.82) is 0 Å². The lowest BCUT2D eigenvalue weighted by molar-refractivity contribution is 0.249. The van der Waals surface area contributed by atoms with Gasteiger partial charge in [-0.25, -0.2) is 9.78 Å². The first-order chi connectivity index (χ1) is 8.09. The zero-order valence-electron chi connectivity index (χ0n) is 10.2. The minimum atomic E-state index is -0.116. The quantitative estimate of drug-likeness (QED) is 0.753. The summed E-state index contributed by atoms with van der Waals surface area (Å²) >= 11 is 0. The molecule has 1 heterocycles. The van der Waals surface area contributed by atoms with Gasteiger partial charge in [0.25, 0.3) is 0 Å². The summed E-state index contributed by atoms with van der Waals surface area (Å²) < 4.78 is 1.46. The molecule has 0 aliphatic carbocycles. The molecule has 0 unspecified atom stereocenters. The van der Waals surface area contributed by atoms with Crippen LogP contribution in [0.1, 0.15) is 11.1 Å². The van der Waals surface area contributed by atoms with Crippen LogP contribution >= 0.6 is 0 Å². The van der Waals surface area contributed by atoms with Crippen molar-refractivity contribution in [2.45, 2.75) is 13.8 Å². The number of carbonyl (C=O) groups excluding carboxylic acids is 1. The van der Waals surface area contributed by atoms with Gasteiger partial charge in [-0.05, 0) is 25.5 Å². The van der Waals surface area contributed by atoms with Crippen LogP contribution in [0.4, 0.5) is 10.5 Å². The fourth-order valence-electron chi connectivity index (χ4n) is 1.83. The molecule has 0 radical (unpaired) electrons. The van der Waals surface area contributed by atoms with Gasteiger partial charge in [0.2, 0.25) is 0 Å². The summed E-state index contributed by atoms with van der Waals surface area (Å²) in [5.41, 5.74) is 3.19. The van der Waals surface area contributed by atoms with Crippen molar-refractivity contribution >= 4 is 11.7 Å². The number of hydrogen-bond donors (Lipinski definition) is 0. The highest BCUT2D eigenvalue weighted by molar-refractivity contribution is 5.93. The number of rotatable bonds is 1. The topological polar surface area (TPSA) is 38.1 Å². The van der Waals surface area contributed by atoms with Crippen LogP contribution < -0.4 is 4.90 Å². The molecule has 0 bridgehead atoms. The van der Waals surface area contributed by atoms with Crippen LogP contribution in [0.2, 0.25) is 0 Å². The number of imidazole rings is 1. The fourth-order valence-corrected chi connectivity index (χ4v) is 1.83. The maximum atomic E-state index is 12.1. The normalized spacial score (nSPS) is 10.3. The third kappa shape index (κ3) is 2.20. The average Bonchev–Trinajstić information content (AvgIpc) is 2.80. The van der Waals surface area contributed by atoms with Crippen molar-refractivity contribution in [1.82, 2.24) is 9.55 Å². The standard InChI is InChI=1S/C13H15N3O/c1-10-4-5-12(11(2)8-10)15(3)13(17)16-7-6-14-9-16/h4-9H,1-3H3. The van der Waals surface area contributed by atoms with Gasteiger partial charge in [0.05, 0.1) is 0 Å². The Morgan fingerprint density at radius 1 is 1.35 bits per heavy atom. The van der Waals surface area contributed by atoms with E-state index >= 15 is 0 Å². The molecule has 0 aliphatic heterocycles. The van der Waals surface area contributed by atoms with Gasteiger partial charge in [0.15, 0.2) is 0 Å². The first-order valence-corrected chi connectivity index (χ1v) is 5.43. The summed E-state index contributed by atoms with van der Waals surface area (Å²) in [6, 6.07) is 5.90. The van der Waals surface area contributed by atoms with Gasteiger partial charge in [-0.3, -0.25) is 9.47 Å². The molecule has 1 aromatic carbocycles. The van der Waals surface area contributed by atoms with E-state index in [1.54, 1.807) is 24.3 Å². The molecule has 4 heteroatoms. The molecule has 0 spiro atoms. The van der Waals surface area contributed by atoms with Gasteiger partial charge in [0.1, 0.15) is 6.33 Å². The lowest BCUT2D eigenvalue weighted by atomic mass is 10.1. The fraction of sp³-hybridized carbons (Fsp3) is 0.231. The molecule has 0 N–H and O–H groups in total. The van der Waals surface area contributed by atoms with Gasteiger partial charge in [-0.15, -0.1) is 0 Å². The molecule has 2 aromatic rings. The average molecular weight is 229 g/mol. The van der Waals surface area contributed by atoms with E-state index in [1.807, 2.05) is 26.0 Å². The van der Waals surface area contributed by atoms with Gasteiger partial charge in [0, 0.05) is 25.1 Å². The van der Waals surface area contributed by atoms with Gasteiger partial charge >= 0.3 is 6.03 Å². The number of nitrogens with zero attached hydrogens (tertiary/aromatic N) is 3. The predicted molar refractivity (Wildman–Crippen MR) is 67.3 cm³/mol. The number of amides is 1. The van der Waals surface area contributed by atoms with E-state index in [-0.39, 0.29) is 6.03 Å². The van der Waals surface area contributed by atoms with Crippen molar-refractivity contribution in [2.24, 2.45) is 0 Å². The molecule has 1 aromatic heterocycles. The molecular formula is C13H15N3O. The second kappa shape index (κ2) is 4.41. The maximum Gasteiger partial charge on any atom is 0.333 e.